The predicted octanol–water partition coefficient (Wildman–Crippen LogP) is 2.24. The summed E-state index contributed by atoms with van der Waals surface area (Å²) in [6, 6.07) is 8.33. The Bertz CT molecular complexity index is 702. The number of amides is 1. The standard InChI is InChI=1S/C18H26N2O3S/c1-2-24(22,23)20-12-6-9-15(13-20)18(21)19-17-11-5-8-14-7-3-4-10-16(14)17/h3-4,7,10,15,17H,2,5-6,8-9,11-13H2,1H3,(H,19,21)/t15-,17-/m1/s1. The van der Waals surface area contributed by atoms with Gasteiger partial charge in [0, 0.05) is 13.1 Å². The molecule has 5 nitrogen and oxygen atoms in total. The molecule has 0 spiro atoms. The van der Waals surface area contributed by atoms with Crippen LogP contribution in [-0.2, 0) is 21.2 Å². The van der Waals surface area contributed by atoms with E-state index in [1.54, 1.807) is 6.92 Å². The third kappa shape index (κ3) is 3.64. The Morgan fingerprint density at radius 2 is 2.04 bits per heavy atom. The third-order valence-electron chi connectivity index (χ3n) is 5.20. The fourth-order valence-corrected chi connectivity index (χ4v) is 4.96. The average Bonchev–Trinajstić information content (AvgIpc) is 2.62. The fraction of sp³-hybridized carbons (Fsp3) is 0.611. The molecule has 0 radical (unpaired) electrons. The number of hydrogen-bond acceptors (Lipinski definition) is 3. The van der Waals surface area contributed by atoms with Crippen molar-refractivity contribution in [3.63, 3.8) is 0 Å². The van der Waals surface area contributed by atoms with Crippen LogP contribution in [0.3, 0.4) is 0 Å². The molecular formula is C18H26N2O3S. The minimum absolute atomic E-state index is 0.00675. The maximum Gasteiger partial charge on any atom is 0.224 e. The largest absolute Gasteiger partial charge is 0.349 e. The summed E-state index contributed by atoms with van der Waals surface area (Å²) < 4.78 is 25.6. The van der Waals surface area contributed by atoms with Gasteiger partial charge < -0.3 is 5.32 Å². The van der Waals surface area contributed by atoms with E-state index >= 15 is 0 Å². The SMILES string of the molecule is CCS(=O)(=O)N1CCC[C@@H](C(=O)N[C@@H]2CCCc3ccccc32)C1. The highest BCUT2D eigenvalue weighted by Gasteiger charge is 2.32. The Labute approximate surface area is 144 Å². The predicted molar refractivity (Wildman–Crippen MR) is 94.0 cm³/mol. The van der Waals surface area contributed by atoms with Crippen LogP contribution in [0.1, 0.15) is 49.8 Å². The second kappa shape index (κ2) is 7.23. The quantitative estimate of drug-likeness (QED) is 0.906. The lowest BCUT2D eigenvalue weighted by atomic mass is 9.87. The molecule has 1 heterocycles. The summed E-state index contributed by atoms with van der Waals surface area (Å²) in [6.45, 7) is 2.50. The van der Waals surface area contributed by atoms with Gasteiger partial charge in [-0.2, -0.15) is 0 Å². The number of hydrogen-bond donors (Lipinski definition) is 1. The Balaban J connectivity index is 1.67. The number of nitrogens with zero attached hydrogens (tertiary/aromatic N) is 1. The molecule has 0 aromatic heterocycles. The second-order valence-corrected chi connectivity index (χ2v) is 9.01. The van der Waals surface area contributed by atoms with Gasteiger partial charge in [0.15, 0.2) is 0 Å². The van der Waals surface area contributed by atoms with E-state index in [0.717, 1.165) is 32.1 Å². The Kier molecular flexibility index (Phi) is 5.25. The van der Waals surface area contributed by atoms with Gasteiger partial charge in [0.05, 0.1) is 17.7 Å². The first kappa shape index (κ1) is 17.4. The molecule has 1 aromatic rings. The van der Waals surface area contributed by atoms with Crippen molar-refractivity contribution >= 4 is 15.9 Å². The van der Waals surface area contributed by atoms with Gasteiger partial charge in [-0.05, 0) is 50.2 Å². The van der Waals surface area contributed by atoms with Crippen LogP contribution in [0, 0.1) is 5.92 Å². The summed E-state index contributed by atoms with van der Waals surface area (Å²) in [5.41, 5.74) is 2.53. The third-order valence-corrected chi connectivity index (χ3v) is 7.05. The van der Waals surface area contributed by atoms with Crippen molar-refractivity contribution in [3.05, 3.63) is 35.4 Å². The average molecular weight is 350 g/mol. The molecule has 0 saturated carbocycles. The van der Waals surface area contributed by atoms with Crippen LogP contribution in [0.25, 0.3) is 0 Å². The number of piperidine rings is 1. The molecule has 24 heavy (non-hydrogen) atoms. The van der Waals surface area contributed by atoms with Gasteiger partial charge in [-0.1, -0.05) is 24.3 Å². The molecule has 1 amide bonds. The number of carbonyl (C=O) groups excluding carboxylic acids is 1. The molecule has 3 rings (SSSR count). The maximum absolute atomic E-state index is 12.7. The van der Waals surface area contributed by atoms with E-state index in [1.807, 2.05) is 12.1 Å². The Morgan fingerprint density at radius 1 is 1.25 bits per heavy atom. The number of benzene rings is 1. The summed E-state index contributed by atoms with van der Waals surface area (Å²) >= 11 is 0. The smallest absolute Gasteiger partial charge is 0.224 e. The number of rotatable bonds is 4. The minimum atomic E-state index is -3.22. The lowest BCUT2D eigenvalue weighted by Crippen LogP contribution is -2.46. The molecule has 6 heteroatoms. The highest BCUT2D eigenvalue weighted by molar-refractivity contribution is 7.89. The first-order valence-corrected chi connectivity index (χ1v) is 10.5. The van der Waals surface area contributed by atoms with Gasteiger partial charge in [0.25, 0.3) is 0 Å². The van der Waals surface area contributed by atoms with Crippen molar-refractivity contribution < 1.29 is 13.2 Å². The molecule has 0 unspecified atom stereocenters. The molecule has 1 saturated heterocycles. The van der Waals surface area contributed by atoms with Crippen molar-refractivity contribution in [2.75, 3.05) is 18.8 Å². The van der Waals surface area contributed by atoms with Gasteiger partial charge >= 0.3 is 0 Å². The molecule has 2 atom stereocenters. The first-order chi connectivity index (χ1) is 11.5. The van der Waals surface area contributed by atoms with E-state index < -0.39 is 10.0 Å². The lowest BCUT2D eigenvalue weighted by Gasteiger charge is -2.33. The monoisotopic (exact) mass is 350 g/mol. The number of carbonyl (C=O) groups is 1. The summed E-state index contributed by atoms with van der Waals surface area (Å²) in [5, 5.41) is 3.17. The van der Waals surface area contributed by atoms with Gasteiger partial charge in [0.2, 0.25) is 15.9 Å². The van der Waals surface area contributed by atoms with Gasteiger partial charge in [-0.3, -0.25) is 4.79 Å². The van der Waals surface area contributed by atoms with Crippen LogP contribution in [0.2, 0.25) is 0 Å². The zero-order chi connectivity index (χ0) is 17.2. The number of fused-ring (bicyclic) bond motifs is 1. The summed E-state index contributed by atoms with van der Waals surface area (Å²) in [4.78, 5) is 12.7. The molecule has 0 bridgehead atoms. The van der Waals surface area contributed by atoms with Crippen LogP contribution in [0.5, 0.6) is 0 Å². The fourth-order valence-electron chi connectivity index (χ4n) is 3.79. The topological polar surface area (TPSA) is 66.5 Å². The van der Waals surface area contributed by atoms with Crippen LogP contribution in [0.4, 0.5) is 0 Å². The van der Waals surface area contributed by atoms with Crippen molar-refractivity contribution in [2.45, 2.75) is 45.1 Å². The molecule has 1 fully saturated rings. The highest BCUT2D eigenvalue weighted by Crippen LogP contribution is 2.30. The second-order valence-electron chi connectivity index (χ2n) is 6.75. The van der Waals surface area contributed by atoms with Crippen LogP contribution < -0.4 is 5.32 Å². The lowest BCUT2D eigenvalue weighted by molar-refractivity contribution is -0.127. The van der Waals surface area contributed by atoms with Crippen LogP contribution in [0.15, 0.2) is 24.3 Å². The zero-order valence-corrected chi connectivity index (χ0v) is 15.0. The highest BCUT2D eigenvalue weighted by atomic mass is 32.2. The van der Waals surface area contributed by atoms with E-state index in [4.69, 9.17) is 0 Å². The van der Waals surface area contributed by atoms with Crippen molar-refractivity contribution in [2.24, 2.45) is 5.92 Å². The molecule has 2 aliphatic rings. The van der Waals surface area contributed by atoms with Crippen LogP contribution in [-0.4, -0.2) is 37.5 Å². The van der Waals surface area contributed by atoms with E-state index in [1.165, 1.54) is 15.4 Å². The van der Waals surface area contributed by atoms with Gasteiger partial charge in [-0.25, -0.2) is 12.7 Å². The van der Waals surface area contributed by atoms with Gasteiger partial charge in [-0.15, -0.1) is 0 Å². The zero-order valence-electron chi connectivity index (χ0n) is 14.2. The molecule has 132 valence electrons. The molecule has 1 aliphatic carbocycles. The molecule has 1 aromatic carbocycles. The van der Waals surface area contributed by atoms with E-state index in [0.29, 0.717) is 13.1 Å². The Hall–Kier alpha value is -1.40. The summed E-state index contributed by atoms with van der Waals surface area (Å²) in [7, 11) is -3.22. The Morgan fingerprint density at radius 3 is 2.83 bits per heavy atom. The number of nitrogens with one attached hydrogen (secondary N) is 1. The minimum Gasteiger partial charge on any atom is -0.349 e. The van der Waals surface area contributed by atoms with Gasteiger partial charge in [0.1, 0.15) is 0 Å². The van der Waals surface area contributed by atoms with E-state index in [-0.39, 0.29) is 23.6 Å². The molecule has 1 aliphatic heterocycles. The van der Waals surface area contributed by atoms with Crippen molar-refractivity contribution in [1.82, 2.24) is 9.62 Å². The molecule has 1 N–H and O–H groups in total. The normalized spacial score (nSPS) is 25.0. The maximum atomic E-state index is 12.7. The summed E-state index contributed by atoms with van der Waals surface area (Å²) in [6.07, 6.45) is 4.60. The van der Waals surface area contributed by atoms with Crippen molar-refractivity contribution in [1.29, 1.82) is 0 Å². The number of sulfonamides is 1. The van der Waals surface area contributed by atoms with Crippen LogP contribution >= 0.6 is 0 Å². The van der Waals surface area contributed by atoms with Crippen molar-refractivity contribution in [3.8, 4) is 0 Å². The number of aryl methyl sites for hydroxylation is 1. The van der Waals surface area contributed by atoms with E-state index in [2.05, 4.69) is 17.4 Å². The first-order valence-electron chi connectivity index (χ1n) is 8.87. The van der Waals surface area contributed by atoms with E-state index in [9.17, 15) is 13.2 Å². The molecular weight excluding hydrogens is 324 g/mol. The summed E-state index contributed by atoms with van der Waals surface area (Å²) in [5.74, 6) is -0.154.